The predicted octanol–water partition coefficient (Wildman–Crippen LogP) is 6.00. The number of carboxylic acids is 1. The third-order valence-electron chi connectivity index (χ3n) is 7.90. The highest BCUT2D eigenvalue weighted by atomic mass is 16.5. The highest BCUT2D eigenvalue weighted by molar-refractivity contribution is 6.09. The number of benzene rings is 3. The first-order valence-corrected chi connectivity index (χ1v) is 15.3. The summed E-state index contributed by atoms with van der Waals surface area (Å²) in [4.78, 5) is 28.1. The van der Waals surface area contributed by atoms with Crippen LogP contribution >= 0.6 is 0 Å². The molecule has 0 atom stereocenters. The highest BCUT2D eigenvalue weighted by Gasteiger charge is 2.22. The summed E-state index contributed by atoms with van der Waals surface area (Å²) in [5, 5.41) is 21.4. The van der Waals surface area contributed by atoms with Crippen LogP contribution in [-0.4, -0.2) is 69.6 Å². The fourth-order valence-corrected chi connectivity index (χ4v) is 5.96. The smallest absolute Gasteiger partial charge is 0.307 e. The molecule has 1 saturated heterocycles. The fourth-order valence-electron chi connectivity index (χ4n) is 5.96. The number of fused-ring (bicyclic) bond motifs is 1. The highest BCUT2D eigenvalue weighted by Crippen LogP contribution is 2.43. The van der Waals surface area contributed by atoms with Gasteiger partial charge >= 0.3 is 5.97 Å². The topological polar surface area (TPSA) is 118 Å². The number of anilines is 1. The van der Waals surface area contributed by atoms with Gasteiger partial charge in [-0.25, -0.2) is 9.97 Å². The lowest BCUT2D eigenvalue weighted by Gasteiger charge is -2.26. The number of rotatable bonds is 5. The van der Waals surface area contributed by atoms with Crippen LogP contribution in [0.1, 0.15) is 37.5 Å². The van der Waals surface area contributed by atoms with Gasteiger partial charge in [-0.1, -0.05) is 18.2 Å². The molecule has 4 heterocycles. The molecule has 0 spiro atoms. The van der Waals surface area contributed by atoms with E-state index in [1.54, 1.807) is 20.8 Å². The van der Waals surface area contributed by atoms with Crippen molar-refractivity contribution >= 4 is 33.6 Å². The average Bonchev–Trinajstić information content (AvgIpc) is 3.02. The van der Waals surface area contributed by atoms with E-state index in [2.05, 4.69) is 39.1 Å². The summed E-state index contributed by atoms with van der Waals surface area (Å²) < 4.78 is 11.4. The number of hydrogen-bond acceptors (Lipinski definition) is 8. The van der Waals surface area contributed by atoms with Crippen LogP contribution < -0.4 is 9.64 Å². The van der Waals surface area contributed by atoms with Gasteiger partial charge in [-0.3, -0.25) is 9.78 Å². The van der Waals surface area contributed by atoms with E-state index in [-0.39, 0.29) is 6.42 Å². The molecule has 2 aliphatic heterocycles. The fraction of sp³-hybridized carbons (Fsp3) is 0.333. The maximum absolute atomic E-state index is 12.0. The molecule has 45 heavy (non-hydrogen) atoms. The first-order valence-electron chi connectivity index (χ1n) is 15.3. The summed E-state index contributed by atoms with van der Waals surface area (Å²) in [6.07, 6.45) is 6.31. The van der Waals surface area contributed by atoms with Gasteiger partial charge in [0, 0.05) is 54.6 Å². The van der Waals surface area contributed by atoms with Crippen molar-refractivity contribution in [1.29, 1.82) is 0 Å². The summed E-state index contributed by atoms with van der Waals surface area (Å²) in [5.41, 5.74) is 7.01. The van der Waals surface area contributed by atoms with Crippen LogP contribution in [0.5, 0.6) is 5.75 Å². The van der Waals surface area contributed by atoms with E-state index in [0.717, 1.165) is 80.3 Å². The van der Waals surface area contributed by atoms with E-state index in [0.29, 0.717) is 25.8 Å². The number of carboxylic acid groups (broad SMARTS) is 1. The molecule has 9 nitrogen and oxygen atoms in total. The van der Waals surface area contributed by atoms with Crippen LogP contribution in [0.25, 0.3) is 43.9 Å². The molecule has 3 aromatic carbocycles. The second kappa shape index (κ2) is 12.4. The lowest BCUT2D eigenvalue weighted by Crippen LogP contribution is -2.37. The lowest BCUT2D eigenvalue weighted by atomic mass is 9.86. The van der Waals surface area contributed by atoms with Crippen LogP contribution in [0.15, 0.2) is 61.1 Å². The van der Waals surface area contributed by atoms with E-state index >= 15 is 0 Å². The zero-order chi connectivity index (χ0) is 31.7. The number of ether oxygens (including phenoxy) is 2. The van der Waals surface area contributed by atoms with Crippen molar-refractivity contribution < 1.29 is 24.5 Å². The van der Waals surface area contributed by atoms with E-state index in [1.807, 2.05) is 43.7 Å². The van der Waals surface area contributed by atoms with Crippen LogP contribution in [-0.2, 0) is 22.4 Å². The Hall–Kier alpha value is -4.60. The van der Waals surface area contributed by atoms with Gasteiger partial charge in [0.25, 0.3) is 0 Å². The van der Waals surface area contributed by atoms with Crippen molar-refractivity contribution in [2.24, 2.45) is 0 Å². The Labute approximate surface area is 262 Å². The van der Waals surface area contributed by atoms with Crippen LogP contribution in [0.3, 0.4) is 0 Å². The third kappa shape index (κ3) is 6.60. The van der Waals surface area contributed by atoms with Crippen molar-refractivity contribution in [3.63, 3.8) is 0 Å². The lowest BCUT2D eigenvalue weighted by molar-refractivity contribution is -0.136. The molecule has 0 bridgehead atoms. The molecule has 0 saturated carbocycles. The third-order valence-corrected chi connectivity index (χ3v) is 7.90. The number of pyridine rings is 1. The Morgan fingerprint density at radius 2 is 1.69 bits per heavy atom. The normalized spacial score (nSPS) is 14.6. The number of morpholine rings is 1. The van der Waals surface area contributed by atoms with Crippen molar-refractivity contribution in [2.45, 2.75) is 46.1 Å². The number of aromatic nitrogens is 3. The largest absolute Gasteiger partial charge is 0.493 e. The van der Waals surface area contributed by atoms with Gasteiger partial charge in [-0.2, -0.15) is 0 Å². The molecular weight excluding hydrogens is 568 g/mol. The van der Waals surface area contributed by atoms with E-state index < -0.39 is 11.6 Å². The maximum Gasteiger partial charge on any atom is 0.307 e. The number of carbonyl (C=O) groups is 1. The van der Waals surface area contributed by atoms with E-state index in [1.165, 1.54) is 5.56 Å². The Morgan fingerprint density at radius 1 is 0.956 bits per heavy atom. The van der Waals surface area contributed by atoms with Gasteiger partial charge in [0.2, 0.25) is 5.95 Å². The monoisotopic (exact) mass is 606 g/mol. The SMILES string of the molecule is CC(C)(C)O.Cc1cc2cc(-c3cnc(N4CCOCC4)nc3)ccc2c(-c2ccc3c4c(ccnc24)CCO3)c1CC(=O)O. The Morgan fingerprint density at radius 3 is 2.40 bits per heavy atom. The van der Waals surface area contributed by atoms with Crippen LogP contribution in [0.4, 0.5) is 5.95 Å². The number of aliphatic hydroxyl groups is 1. The molecule has 0 unspecified atom stereocenters. The first-order chi connectivity index (χ1) is 21.6. The molecule has 232 valence electrons. The molecule has 7 rings (SSSR count). The number of nitrogens with zero attached hydrogens (tertiary/aromatic N) is 4. The van der Waals surface area contributed by atoms with Gasteiger partial charge in [-0.05, 0) is 90.6 Å². The zero-order valence-corrected chi connectivity index (χ0v) is 26.1. The molecule has 2 N–H and O–H groups in total. The van der Waals surface area contributed by atoms with Crippen molar-refractivity contribution in [3.05, 3.63) is 77.7 Å². The minimum absolute atomic E-state index is 0.0743. The van der Waals surface area contributed by atoms with E-state index in [4.69, 9.17) is 19.6 Å². The molecule has 0 radical (unpaired) electrons. The van der Waals surface area contributed by atoms with Gasteiger partial charge in [0.15, 0.2) is 0 Å². The average molecular weight is 607 g/mol. The molecule has 1 fully saturated rings. The van der Waals surface area contributed by atoms with Gasteiger partial charge in [-0.15, -0.1) is 0 Å². The summed E-state index contributed by atoms with van der Waals surface area (Å²) >= 11 is 0. The predicted molar refractivity (Wildman–Crippen MR) is 176 cm³/mol. The van der Waals surface area contributed by atoms with Crippen LogP contribution in [0.2, 0.25) is 0 Å². The second-order valence-corrected chi connectivity index (χ2v) is 12.5. The molecule has 0 aliphatic carbocycles. The summed E-state index contributed by atoms with van der Waals surface area (Å²) in [6.45, 7) is 10.8. The minimum Gasteiger partial charge on any atom is -0.493 e. The Kier molecular flexibility index (Phi) is 8.40. The summed E-state index contributed by atoms with van der Waals surface area (Å²) in [5.74, 6) is 0.674. The molecular formula is C36H38N4O5. The van der Waals surface area contributed by atoms with Gasteiger partial charge in [0.05, 0.1) is 37.4 Å². The zero-order valence-electron chi connectivity index (χ0n) is 26.1. The second-order valence-electron chi connectivity index (χ2n) is 12.5. The quantitative estimate of drug-likeness (QED) is 0.249. The first kappa shape index (κ1) is 30.4. The van der Waals surface area contributed by atoms with Crippen molar-refractivity contribution in [1.82, 2.24) is 15.0 Å². The van der Waals surface area contributed by atoms with Gasteiger partial charge < -0.3 is 24.6 Å². The standard InChI is InChI=1S/C32H28N4O4.C4H10O/c1-19-14-22-15-21(23-17-34-32(35-18-23)36-9-12-39-13-10-36)2-3-24(22)30(26(19)16-28(37)38)25-4-5-27-29-20(7-11-40-27)6-8-33-31(25)29;1-4(2,3)5/h2-6,8,14-15,17-18H,7,9-13,16H2,1H3,(H,37,38);5H,1-3H3. The maximum atomic E-state index is 12.0. The van der Waals surface area contributed by atoms with Crippen molar-refractivity contribution in [3.8, 4) is 28.0 Å². The summed E-state index contributed by atoms with van der Waals surface area (Å²) in [7, 11) is 0. The van der Waals surface area contributed by atoms with Crippen molar-refractivity contribution in [2.75, 3.05) is 37.8 Å². The Bertz CT molecular complexity index is 1860. The van der Waals surface area contributed by atoms with Gasteiger partial charge in [0.1, 0.15) is 5.75 Å². The molecule has 2 aromatic heterocycles. The molecule has 2 aliphatic rings. The molecule has 5 aromatic rings. The van der Waals surface area contributed by atoms with E-state index in [9.17, 15) is 9.90 Å². The Balaban J connectivity index is 0.000000664. The molecule has 9 heteroatoms. The summed E-state index contributed by atoms with van der Waals surface area (Å²) in [6, 6.07) is 14.4. The number of aliphatic carboxylic acids is 1. The minimum atomic E-state index is -0.864. The number of aryl methyl sites for hydroxylation is 1. The number of hydrogen-bond donors (Lipinski definition) is 2. The molecule has 0 amide bonds. The van der Waals surface area contributed by atoms with Crippen LogP contribution in [0, 0.1) is 6.92 Å².